The van der Waals surface area contributed by atoms with E-state index < -0.39 is 25.7 Å². The lowest BCUT2D eigenvalue weighted by Crippen LogP contribution is -2.52. The van der Waals surface area contributed by atoms with E-state index in [2.05, 4.69) is 5.10 Å². The van der Waals surface area contributed by atoms with Crippen LogP contribution >= 0.6 is 0 Å². The van der Waals surface area contributed by atoms with Crippen LogP contribution in [-0.4, -0.2) is 71.2 Å². The van der Waals surface area contributed by atoms with Gasteiger partial charge in [-0.2, -0.15) is 5.10 Å². The molecule has 0 aromatic carbocycles. The largest absolute Gasteiger partial charge is 0.379 e. The van der Waals surface area contributed by atoms with Crippen molar-refractivity contribution in [3.8, 4) is 0 Å². The number of rotatable bonds is 5. The molecule has 1 aromatic heterocycles. The number of hydrogen-bond donors (Lipinski definition) is 1. The van der Waals surface area contributed by atoms with Crippen molar-refractivity contribution in [1.29, 1.82) is 0 Å². The molecule has 136 valence electrons. The van der Waals surface area contributed by atoms with Crippen molar-refractivity contribution < 1.29 is 22.7 Å². The minimum Gasteiger partial charge on any atom is -0.379 e. The SMILES string of the molecule is Cn1nc(C(N)=O)c2c1C(=O)N(CC1(S(=O)(=O)C3COC3)CC1)CC2. The second-order valence-corrected chi connectivity index (χ2v) is 9.65. The Morgan fingerprint density at radius 1 is 1.40 bits per heavy atom. The van der Waals surface area contributed by atoms with Crippen molar-refractivity contribution in [3.05, 3.63) is 17.0 Å². The van der Waals surface area contributed by atoms with Gasteiger partial charge in [0.25, 0.3) is 11.8 Å². The Kier molecular flexibility index (Phi) is 3.49. The van der Waals surface area contributed by atoms with Crippen LogP contribution in [0.2, 0.25) is 0 Å². The summed E-state index contributed by atoms with van der Waals surface area (Å²) >= 11 is 0. The van der Waals surface area contributed by atoms with Crippen LogP contribution in [0.1, 0.15) is 39.4 Å². The number of aromatic nitrogens is 2. The van der Waals surface area contributed by atoms with Crippen LogP contribution in [-0.2, 0) is 28.0 Å². The van der Waals surface area contributed by atoms with Crippen LogP contribution in [0.25, 0.3) is 0 Å². The van der Waals surface area contributed by atoms with Gasteiger partial charge < -0.3 is 15.4 Å². The number of ether oxygens (including phenoxy) is 1. The topological polar surface area (TPSA) is 125 Å². The second-order valence-electron chi connectivity index (χ2n) is 7.03. The number of nitrogens with zero attached hydrogens (tertiary/aromatic N) is 3. The number of nitrogens with two attached hydrogens (primary N) is 1. The number of sulfone groups is 1. The Labute approximate surface area is 145 Å². The Morgan fingerprint density at radius 2 is 2.08 bits per heavy atom. The van der Waals surface area contributed by atoms with Gasteiger partial charge in [-0.25, -0.2) is 8.42 Å². The number of aryl methyl sites for hydroxylation is 1. The number of hydrogen-bond acceptors (Lipinski definition) is 6. The van der Waals surface area contributed by atoms with Gasteiger partial charge in [-0.3, -0.25) is 14.3 Å². The molecule has 0 atom stereocenters. The van der Waals surface area contributed by atoms with Crippen LogP contribution in [0.4, 0.5) is 0 Å². The molecule has 2 N–H and O–H groups in total. The average Bonchev–Trinajstić information content (AvgIpc) is 3.18. The molecule has 1 saturated heterocycles. The van der Waals surface area contributed by atoms with Crippen LogP contribution in [0.15, 0.2) is 0 Å². The molecule has 0 radical (unpaired) electrons. The first-order chi connectivity index (χ1) is 11.8. The van der Waals surface area contributed by atoms with Crippen LogP contribution in [0.5, 0.6) is 0 Å². The number of carbonyl (C=O) groups is 2. The highest BCUT2D eigenvalue weighted by atomic mass is 32.2. The Balaban J connectivity index is 1.60. The summed E-state index contributed by atoms with van der Waals surface area (Å²) in [6.45, 7) is 1.02. The maximum Gasteiger partial charge on any atom is 0.272 e. The highest BCUT2D eigenvalue weighted by molar-refractivity contribution is 7.93. The summed E-state index contributed by atoms with van der Waals surface area (Å²) < 4.78 is 31.1. The molecule has 2 amide bonds. The minimum absolute atomic E-state index is 0.117. The lowest BCUT2D eigenvalue weighted by Gasteiger charge is -2.34. The second kappa shape index (κ2) is 5.28. The Bertz CT molecular complexity index is 867. The van der Waals surface area contributed by atoms with E-state index in [1.54, 1.807) is 11.9 Å². The molecule has 3 heterocycles. The van der Waals surface area contributed by atoms with Gasteiger partial charge in [-0.05, 0) is 19.3 Å². The van der Waals surface area contributed by atoms with Gasteiger partial charge in [0, 0.05) is 25.7 Å². The smallest absolute Gasteiger partial charge is 0.272 e. The van der Waals surface area contributed by atoms with E-state index in [9.17, 15) is 18.0 Å². The fraction of sp³-hybridized carbons (Fsp3) is 0.667. The molecule has 9 nitrogen and oxygen atoms in total. The number of primary amides is 1. The molecular formula is C15H20N4O5S. The molecular weight excluding hydrogens is 348 g/mol. The molecule has 1 saturated carbocycles. The zero-order valence-corrected chi connectivity index (χ0v) is 14.7. The average molecular weight is 368 g/mol. The molecule has 10 heteroatoms. The van der Waals surface area contributed by atoms with E-state index in [1.807, 2.05) is 0 Å². The molecule has 2 fully saturated rings. The third-order valence-electron chi connectivity index (χ3n) is 5.44. The standard InChI is InChI=1S/C15H20N4O5S/c1-18-12-10(11(17-18)13(16)20)2-5-19(14(12)21)8-15(3-4-15)25(22,23)9-6-24-7-9/h9H,2-8H2,1H3,(H2,16,20). The minimum atomic E-state index is -3.32. The zero-order valence-electron chi connectivity index (χ0n) is 13.9. The summed E-state index contributed by atoms with van der Waals surface area (Å²) in [6.07, 6.45) is 1.58. The molecule has 0 spiro atoms. The number of carbonyl (C=O) groups excluding carboxylic acids is 2. The van der Waals surface area contributed by atoms with Crippen molar-refractivity contribution in [2.45, 2.75) is 29.3 Å². The highest BCUT2D eigenvalue weighted by Crippen LogP contribution is 2.47. The van der Waals surface area contributed by atoms with Gasteiger partial charge in [0.2, 0.25) is 0 Å². The predicted octanol–water partition coefficient (Wildman–Crippen LogP) is -1.14. The molecule has 0 unspecified atom stereocenters. The first-order valence-electron chi connectivity index (χ1n) is 8.23. The van der Waals surface area contributed by atoms with Gasteiger partial charge in [0.1, 0.15) is 10.9 Å². The molecule has 25 heavy (non-hydrogen) atoms. The van der Waals surface area contributed by atoms with Gasteiger partial charge in [-0.15, -0.1) is 0 Å². The van der Waals surface area contributed by atoms with Gasteiger partial charge in [-0.1, -0.05) is 0 Å². The fourth-order valence-corrected chi connectivity index (χ4v) is 5.95. The Hall–Kier alpha value is -1.94. The maximum atomic E-state index is 12.9. The normalized spacial score (nSPS) is 22.4. The summed E-state index contributed by atoms with van der Waals surface area (Å²) in [5.74, 6) is -0.959. The first-order valence-corrected chi connectivity index (χ1v) is 9.77. The summed E-state index contributed by atoms with van der Waals surface area (Å²) in [5.41, 5.74) is 6.31. The van der Waals surface area contributed by atoms with Crippen molar-refractivity contribution in [2.75, 3.05) is 26.3 Å². The molecule has 1 aromatic rings. The highest BCUT2D eigenvalue weighted by Gasteiger charge is 2.59. The van der Waals surface area contributed by atoms with E-state index in [1.165, 1.54) is 4.68 Å². The lowest BCUT2D eigenvalue weighted by atomic mass is 10.0. The Morgan fingerprint density at radius 3 is 2.60 bits per heavy atom. The number of amides is 2. The van der Waals surface area contributed by atoms with E-state index in [0.29, 0.717) is 37.1 Å². The number of fused-ring (bicyclic) bond motifs is 1. The van der Waals surface area contributed by atoms with Crippen LogP contribution in [0, 0.1) is 0 Å². The van der Waals surface area contributed by atoms with Gasteiger partial charge in [0.15, 0.2) is 15.5 Å². The van der Waals surface area contributed by atoms with Crippen molar-refractivity contribution in [3.63, 3.8) is 0 Å². The van der Waals surface area contributed by atoms with E-state index in [0.717, 1.165) is 0 Å². The van der Waals surface area contributed by atoms with E-state index in [-0.39, 0.29) is 31.4 Å². The molecule has 2 aliphatic heterocycles. The summed E-state index contributed by atoms with van der Waals surface area (Å²) in [6, 6.07) is 0. The van der Waals surface area contributed by atoms with Crippen LogP contribution < -0.4 is 5.73 Å². The first kappa shape index (κ1) is 16.5. The lowest BCUT2D eigenvalue weighted by molar-refractivity contribution is 0.0408. The monoisotopic (exact) mass is 368 g/mol. The van der Waals surface area contributed by atoms with Gasteiger partial charge in [0.05, 0.1) is 18.0 Å². The maximum absolute atomic E-state index is 12.9. The molecule has 3 aliphatic rings. The van der Waals surface area contributed by atoms with Crippen molar-refractivity contribution in [2.24, 2.45) is 12.8 Å². The van der Waals surface area contributed by atoms with E-state index in [4.69, 9.17) is 10.5 Å². The zero-order chi connectivity index (χ0) is 18.0. The quantitative estimate of drug-likeness (QED) is 0.701. The third kappa shape index (κ3) is 2.30. The van der Waals surface area contributed by atoms with E-state index >= 15 is 0 Å². The van der Waals surface area contributed by atoms with Crippen molar-refractivity contribution in [1.82, 2.24) is 14.7 Å². The fourth-order valence-electron chi connectivity index (χ4n) is 3.69. The summed E-state index contributed by atoms with van der Waals surface area (Å²) in [4.78, 5) is 25.9. The molecule has 4 rings (SSSR count). The van der Waals surface area contributed by atoms with Crippen LogP contribution in [0.3, 0.4) is 0 Å². The molecule has 1 aliphatic carbocycles. The van der Waals surface area contributed by atoms with Gasteiger partial charge >= 0.3 is 0 Å². The predicted molar refractivity (Wildman–Crippen MR) is 86.8 cm³/mol. The summed E-state index contributed by atoms with van der Waals surface area (Å²) in [5, 5.41) is 3.59. The van der Waals surface area contributed by atoms with Crippen molar-refractivity contribution >= 4 is 21.7 Å². The third-order valence-corrected chi connectivity index (χ3v) is 8.33. The molecule has 0 bridgehead atoms. The summed E-state index contributed by atoms with van der Waals surface area (Å²) in [7, 11) is -1.74.